The number of aromatic nitrogens is 1. The van der Waals surface area contributed by atoms with Crippen molar-refractivity contribution >= 4 is 28.7 Å². The van der Waals surface area contributed by atoms with E-state index in [9.17, 15) is 22.8 Å². The monoisotopic (exact) mass is 450 g/mol. The van der Waals surface area contributed by atoms with E-state index in [0.29, 0.717) is 38.9 Å². The molecule has 0 unspecified atom stereocenters. The Morgan fingerprint density at radius 3 is 2.71 bits per heavy atom. The average Bonchev–Trinajstić information content (AvgIpc) is 3.18. The van der Waals surface area contributed by atoms with E-state index in [4.69, 9.17) is 9.47 Å². The van der Waals surface area contributed by atoms with E-state index in [0.717, 1.165) is 23.5 Å². The number of carbonyl (C=O) groups excluding carboxylic acids is 2. The second kappa shape index (κ2) is 9.61. The van der Waals surface area contributed by atoms with Crippen LogP contribution in [-0.2, 0) is 17.4 Å². The number of hydrogen-bond donors (Lipinski definition) is 1. The Kier molecular flexibility index (Phi) is 6.91. The first kappa shape index (κ1) is 22.3. The molecule has 2 aromatic carbocycles. The number of nitrogens with zero attached hydrogens (tertiary/aromatic N) is 1. The molecule has 1 heterocycles. The number of hydrogen-bond acceptors (Lipinski definition) is 6. The highest BCUT2D eigenvalue weighted by Gasteiger charge is 2.30. The Morgan fingerprint density at radius 2 is 2.00 bits per heavy atom. The van der Waals surface area contributed by atoms with Crippen LogP contribution in [-0.4, -0.2) is 30.9 Å². The summed E-state index contributed by atoms with van der Waals surface area (Å²) in [5.41, 5.74) is 0.187. The molecule has 0 atom stereocenters. The highest BCUT2D eigenvalue weighted by atomic mass is 32.1. The average molecular weight is 450 g/mol. The molecule has 1 N–H and O–H groups in total. The Labute approximate surface area is 179 Å². The van der Waals surface area contributed by atoms with Gasteiger partial charge in [-0.05, 0) is 29.8 Å². The quantitative estimate of drug-likeness (QED) is 0.508. The fourth-order valence-electron chi connectivity index (χ4n) is 2.68. The van der Waals surface area contributed by atoms with E-state index in [2.05, 4.69) is 10.3 Å². The van der Waals surface area contributed by atoms with E-state index >= 15 is 0 Å². The van der Waals surface area contributed by atoms with Crippen LogP contribution in [0, 0.1) is 0 Å². The highest BCUT2D eigenvalue weighted by Crippen LogP contribution is 2.31. The first-order valence-electron chi connectivity index (χ1n) is 8.95. The predicted molar refractivity (Wildman–Crippen MR) is 109 cm³/mol. The van der Waals surface area contributed by atoms with Crippen LogP contribution in [0.4, 0.5) is 18.3 Å². The Morgan fingerprint density at radius 1 is 1.19 bits per heavy atom. The van der Waals surface area contributed by atoms with Crippen LogP contribution in [0.25, 0.3) is 0 Å². The number of benzene rings is 2. The zero-order valence-electron chi connectivity index (χ0n) is 16.2. The molecule has 0 saturated carbocycles. The SMILES string of the molecule is COc1cc(C=O)ccc1OCC(=O)Nc1ncc(Cc2cccc(C(F)(F)F)c2)s1. The molecule has 0 saturated heterocycles. The van der Waals surface area contributed by atoms with Crippen molar-refractivity contribution in [2.75, 3.05) is 19.0 Å². The second-order valence-electron chi connectivity index (χ2n) is 6.37. The third-order valence-electron chi connectivity index (χ3n) is 4.12. The molecule has 0 spiro atoms. The maximum Gasteiger partial charge on any atom is 0.416 e. The lowest BCUT2D eigenvalue weighted by Gasteiger charge is -2.10. The van der Waals surface area contributed by atoms with Crippen molar-refractivity contribution in [2.24, 2.45) is 0 Å². The Bertz CT molecular complexity index is 1080. The van der Waals surface area contributed by atoms with Crippen molar-refractivity contribution in [3.8, 4) is 11.5 Å². The first-order valence-corrected chi connectivity index (χ1v) is 9.77. The number of ether oxygens (including phenoxy) is 2. The molecule has 31 heavy (non-hydrogen) atoms. The van der Waals surface area contributed by atoms with E-state index in [-0.39, 0.29) is 13.0 Å². The first-order chi connectivity index (χ1) is 14.8. The van der Waals surface area contributed by atoms with Gasteiger partial charge in [-0.3, -0.25) is 14.9 Å². The molecule has 0 aliphatic rings. The molecule has 10 heteroatoms. The minimum atomic E-state index is -4.40. The number of halogens is 3. The van der Waals surface area contributed by atoms with Crippen LogP contribution >= 0.6 is 11.3 Å². The summed E-state index contributed by atoms with van der Waals surface area (Å²) in [6.07, 6.45) is -1.98. The van der Waals surface area contributed by atoms with Gasteiger partial charge in [0.05, 0.1) is 12.7 Å². The number of thiazole rings is 1. The number of nitrogens with one attached hydrogen (secondary N) is 1. The lowest BCUT2D eigenvalue weighted by Crippen LogP contribution is -2.20. The summed E-state index contributed by atoms with van der Waals surface area (Å²) in [5.74, 6) is 0.143. The van der Waals surface area contributed by atoms with Crippen LogP contribution < -0.4 is 14.8 Å². The molecular weight excluding hydrogens is 433 g/mol. The van der Waals surface area contributed by atoms with Crippen molar-refractivity contribution in [3.63, 3.8) is 0 Å². The predicted octanol–water partition coefficient (Wildman–Crippen LogP) is 4.59. The van der Waals surface area contributed by atoms with Crippen molar-refractivity contribution in [1.82, 2.24) is 4.98 Å². The number of anilines is 1. The summed E-state index contributed by atoms with van der Waals surface area (Å²) < 4.78 is 49.1. The van der Waals surface area contributed by atoms with Crippen LogP contribution in [0.15, 0.2) is 48.7 Å². The van der Waals surface area contributed by atoms with Crippen molar-refractivity contribution in [3.05, 3.63) is 70.2 Å². The minimum Gasteiger partial charge on any atom is -0.493 e. The molecule has 1 aromatic heterocycles. The molecule has 1 amide bonds. The zero-order chi connectivity index (χ0) is 22.4. The van der Waals surface area contributed by atoms with E-state index < -0.39 is 17.6 Å². The molecule has 0 fully saturated rings. The maximum absolute atomic E-state index is 12.8. The summed E-state index contributed by atoms with van der Waals surface area (Å²) in [4.78, 5) is 27.7. The van der Waals surface area contributed by atoms with Gasteiger partial charge in [-0.1, -0.05) is 18.2 Å². The van der Waals surface area contributed by atoms with Gasteiger partial charge in [0.25, 0.3) is 5.91 Å². The summed E-state index contributed by atoms with van der Waals surface area (Å²) >= 11 is 1.16. The van der Waals surface area contributed by atoms with Gasteiger partial charge in [0.1, 0.15) is 6.29 Å². The minimum absolute atomic E-state index is 0.258. The molecular formula is C21H17F3N2O4S. The van der Waals surface area contributed by atoms with E-state index in [1.165, 1.54) is 37.6 Å². The molecule has 3 aromatic rings. The number of carbonyl (C=O) groups is 2. The molecule has 0 bridgehead atoms. The zero-order valence-corrected chi connectivity index (χ0v) is 17.0. The number of methoxy groups -OCH3 is 1. The van der Waals surface area contributed by atoms with Crippen LogP contribution in [0.3, 0.4) is 0 Å². The van der Waals surface area contributed by atoms with Crippen LogP contribution in [0.5, 0.6) is 11.5 Å². The van der Waals surface area contributed by atoms with Gasteiger partial charge >= 0.3 is 6.18 Å². The third kappa shape index (κ3) is 6.05. The fraction of sp³-hybridized carbons (Fsp3) is 0.190. The number of aldehydes is 1. The summed E-state index contributed by atoms with van der Waals surface area (Å²) in [6, 6.07) is 9.61. The Balaban J connectivity index is 1.57. The third-order valence-corrected chi connectivity index (χ3v) is 5.03. The van der Waals surface area contributed by atoms with Crippen molar-refractivity contribution < 1.29 is 32.2 Å². The van der Waals surface area contributed by atoms with Crippen molar-refractivity contribution in [1.29, 1.82) is 0 Å². The van der Waals surface area contributed by atoms with Gasteiger partial charge in [-0.15, -0.1) is 11.3 Å². The van der Waals surface area contributed by atoms with E-state index in [1.54, 1.807) is 6.07 Å². The molecule has 6 nitrogen and oxygen atoms in total. The lowest BCUT2D eigenvalue weighted by molar-refractivity contribution is -0.137. The smallest absolute Gasteiger partial charge is 0.416 e. The van der Waals surface area contributed by atoms with Gasteiger partial charge in [-0.2, -0.15) is 13.2 Å². The second-order valence-corrected chi connectivity index (χ2v) is 7.49. The summed E-state index contributed by atoms with van der Waals surface area (Å²) in [5, 5.41) is 2.88. The molecule has 0 radical (unpaired) electrons. The van der Waals surface area contributed by atoms with Gasteiger partial charge in [0.15, 0.2) is 23.2 Å². The van der Waals surface area contributed by atoms with Gasteiger partial charge in [0.2, 0.25) is 0 Å². The van der Waals surface area contributed by atoms with Gasteiger partial charge < -0.3 is 9.47 Å². The van der Waals surface area contributed by atoms with E-state index in [1.807, 2.05) is 0 Å². The molecule has 0 aliphatic heterocycles. The van der Waals surface area contributed by atoms with Crippen molar-refractivity contribution in [2.45, 2.75) is 12.6 Å². The fourth-order valence-corrected chi connectivity index (χ4v) is 3.54. The van der Waals surface area contributed by atoms with Crippen LogP contribution in [0.1, 0.15) is 26.4 Å². The number of alkyl halides is 3. The maximum atomic E-state index is 12.8. The van der Waals surface area contributed by atoms with Gasteiger partial charge in [-0.25, -0.2) is 4.98 Å². The molecule has 162 valence electrons. The standard InChI is InChI=1S/C21H17F3N2O4S/c1-29-18-9-14(11-27)5-6-17(18)30-12-19(28)26-20-25-10-16(31-20)8-13-3-2-4-15(7-13)21(22,23)24/h2-7,9-11H,8,12H2,1H3,(H,25,26,28). The highest BCUT2D eigenvalue weighted by molar-refractivity contribution is 7.15. The number of rotatable bonds is 8. The number of amides is 1. The molecule has 0 aliphatic carbocycles. The normalized spacial score (nSPS) is 11.1. The summed E-state index contributed by atoms with van der Waals surface area (Å²) in [7, 11) is 1.42. The van der Waals surface area contributed by atoms with Crippen LogP contribution in [0.2, 0.25) is 0 Å². The molecule has 3 rings (SSSR count). The topological polar surface area (TPSA) is 77.5 Å². The summed E-state index contributed by atoms with van der Waals surface area (Å²) in [6.45, 7) is -0.320. The lowest BCUT2D eigenvalue weighted by atomic mass is 10.1. The largest absolute Gasteiger partial charge is 0.493 e. The van der Waals surface area contributed by atoms with Gasteiger partial charge in [0, 0.05) is 23.1 Å². The Hall–Kier alpha value is -3.40.